The zero-order valence-electron chi connectivity index (χ0n) is 49.9. The molecular weight excluding hydrogens is 857 g/mol. The largest absolute Gasteiger partial charge is 0.304 e. The molecule has 5 aromatic carbocycles. The van der Waals surface area contributed by atoms with E-state index in [1.807, 2.05) is 12.1 Å². The van der Waals surface area contributed by atoms with Crippen LogP contribution in [-0.4, -0.2) is 9.97 Å². The summed E-state index contributed by atoms with van der Waals surface area (Å²) >= 11 is 0. The summed E-state index contributed by atoms with van der Waals surface area (Å²) in [5.74, 6) is 0. The van der Waals surface area contributed by atoms with Gasteiger partial charge in [-0.15, -0.1) is 70.8 Å². The predicted molar refractivity (Wildman–Crippen MR) is 229 cm³/mol. The van der Waals surface area contributed by atoms with Gasteiger partial charge in [-0.1, -0.05) is 118 Å². The van der Waals surface area contributed by atoms with Gasteiger partial charge in [0.2, 0.25) is 0 Å². The van der Waals surface area contributed by atoms with E-state index in [-0.39, 0.29) is 59.0 Å². The van der Waals surface area contributed by atoms with Crippen LogP contribution in [0.1, 0.15) is 91.3 Å². The molecule has 0 N–H and O–H groups in total. The molecule has 7 aromatic rings. The minimum Gasteiger partial charge on any atom is -0.304 e. The maximum absolute atomic E-state index is 9.45. The van der Waals surface area contributed by atoms with Gasteiger partial charge in [0.1, 0.15) is 0 Å². The summed E-state index contributed by atoms with van der Waals surface area (Å²) in [7, 11) is 0. The molecule has 0 unspecified atom stereocenters. The van der Waals surface area contributed by atoms with E-state index in [9.17, 15) is 11.0 Å². The molecule has 0 saturated carbocycles. The second-order valence-corrected chi connectivity index (χ2v) is 14.5. The maximum Gasteiger partial charge on any atom is 0.0322 e. The first-order chi connectivity index (χ1) is 34.0. The van der Waals surface area contributed by atoms with Crippen molar-refractivity contribution >= 4 is 0 Å². The number of aromatic nitrogens is 2. The summed E-state index contributed by atoms with van der Waals surface area (Å²) in [5, 5.41) is 0. The Morgan fingerprint density at radius 1 is 0.625 bits per heavy atom. The molecule has 2 aromatic heterocycles. The molecule has 0 saturated heterocycles. The molecule has 0 atom stereocenters. The Hall–Kier alpha value is -4.95. The molecule has 2 heterocycles. The molecule has 283 valence electrons. The van der Waals surface area contributed by atoms with Crippen LogP contribution < -0.4 is 0 Å². The van der Waals surface area contributed by atoms with Crippen LogP contribution in [0.5, 0.6) is 0 Å². The minimum atomic E-state index is -2.88. The number of pyridine rings is 2. The molecule has 2 aliphatic rings. The van der Waals surface area contributed by atoms with Crippen LogP contribution in [0.3, 0.4) is 0 Å². The third-order valence-electron chi connectivity index (χ3n) is 9.11. The number of benzene rings is 5. The third kappa shape index (κ3) is 8.86. The summed E-state index contributed by atoms with van der Waals surface area (Å²) in [5.41, 5.74) is 0.899. The molecule has 1 spiro atoms. The van der Waals surface area contributed by atoms with Crippen LogP contribution in [0.15, 0.2) is 134 Å². The fraction of sp³-hybridized carbons (Fsp3) is 0.245. The fourth-order valence-corrected chi connectivity index (χ4v) is 6.56. The van der Waals surface area contributed by atoms with E-state index in [2.05, 4.69) is 22.1 Å². The van der Waals surface area contributed by atoms with Gasteiger partial charge in [0.15, 0.2) is 0 Å². The number of hydrogen-bond donors (Lipinski definition) is 0. The third-order valence-corrected chi connectivity index (χ3v) is 9.11. The summed E-state index contributed by atoms with van der Waals surface area (Å²) in [6.45, 7) is -1.45. The van der Waals surface area contributed by atoms with Crippen molar-refractivity contribution in [3.63, 3.8) is 0 Å². The van der Waals surface area contributed by atoms with Gasteiger partial charge < -0.3 is 9.97 Å². The van der Waals surface area contributed by atoms with Crippen molar-refractivity contribution in [2.45, 2.75) is 73.2 Å². The van der Waals surface area contributed by atoms with Crippen LogP contribution in [0, 0.1) is 43.5 Å². The van der Waals surface area contributed by atoms with E-state index >= 15 is 0 Å². The van der Waals surface area contributed by atoms with Crippen molar-refractivity contribution in [1.29, 1.82) is 0 Å². The van der Waals surface area contributed by atoms with Gasteiger partial charge >= 0.3 is 0 Å². The quantitative estimate of drug-likeness (QED) is 0.161. The number of aryl methyl sites for hydroxylation is 3. The van der Waals surface area contributed by atoms with Gasteiger partial charge in [-0.05, 0) is 118 Å². The second-order valence-electron chi connectivity index (χ2n) is 14.5. The number of fused-ring (bicyclic) bond motifs is 2. The first kappa shape index (κ1) is 22.1. The number of hydrogen-bond acceptors (Lipinski definition) is 2. The van der Waals surface area contributed by atoms with E-state index in [1.165, 1.54) is 67.0 Å². The number of nitrogens with zero attached hydrogens (tertiary/aromatic N) is 2. The van der Waals surface area contributed by atoms with Gasteiger partial charge in [0.05, 0.1) is 0 Å². The first-order valence-electron chi connectivity index (χ1n) is 27.4. The SMILES string of the molecule is [2H]C([2H])([2H])c1c[c-]c(-c2cc(-c3ccc4c(c3)C([2H])([2H])C3(C([2H])([2H])c5ccccc5C3([2H])[2H])C4([2H])[2H])c(C([2H])([2H])C(C)(C)C)cn2)cc1.[2H]C([2H])([2H])c1ccc(-c2cc[c-]c(-c3ccc(C([2H])([2H])[2H])cn3)c2)cc1.[Ir]. The summed E-state index contributed by atoms with van der Waals surface area (Å²) < 4.78 is 160. The Morgan fingerprint density at radius 2 is 1.29 bits per heavy atom. The standard InChI is InChI=1S/C34H34N.C19H16N.Ir/c1-23-9-11-24(12-10-23)32-16-31(30(22-35-32)17-33(2,3)4)25-13-14-28-20-34(21-29(28)15-25)18-26-7-5-6-8-27(26)19-34;1-14-6-9-16(10-7-14)17-4-3-5-18(12-17)19-11-8-15(2)13-20-19;/h5-11,13-16,22H,17-21H2,1-4H3;3-4,6-13H,1-2H3;/q2*-1;/i1D3,17D2,18D2,19D2,20D2,21D2;1D3,2D3;. The first-order valence-corrected chi connectivity index (χ1v) is 17.9. The minimum absolute atomic E-state index is 0. The van der Waals surface area contributed by atoms with E-state index in [1.54, 1.807) is 75.4 Å². The summed E-state index contributed by atoms with van der Waals surface area (Å²) in [4.78, 5) is 8.74. The topological polar surface area (TPSA) is 25.8 Å². The van der Waals surface area contributed by atoms with E-state index in [0.717, 1.165) is 16.7 Å². The Bertz CT molecular complexity index is 3140. The molecule has 0 aliphatic heterocycles. The molecule has 0 bridgehead atoms. The van der Waals surface area contributed by atoms with Gasteiger partial charge in [0, 0.05) is 58.5 Å². The summed E-state index contributed by atoms with van der Waals surface area (Å²) in [6.07, 6.45) is -10.5. The zero-order valence-corrected chi connectivity index (χ0v) is 33.3. The summed E-state index contributed by atoms with van der Waals surface area (Å²) in [6, 6.07) is 37.5. The Balaban J connectivity index is 0.000000257. The molecular formula is C53H50IrN2-2. The van der Waals surface area contributed by atoms with E-state index < -0.39 is 63.3 Å². The van der Waals surface area contributed by atoms with Crippen LogP contribution in [-0.2, 0) is 52.0 Å². The van der Waals surface area contributed by atoms with Gasteiger partial charge in [0.25, 0.3) is 0 Å². The predicted octanol–water partition coefficient (Wildman–Crippen LogP) is 12.8. The monoisotopic (exact) mass is 926 g/mol. The molecule has 9 rings (SSSR count). The Labute approximate surface area is 374 Å². The average molecular weight is 926 g/mol. The Kier molecular flexibility index (Phi) is 6.42. The molecule has 3 heteroatoms. The van der Waals surface area contributed by atoms with Crippen molar-refractivity contribution in [3.05, 3.63) is 190 Å². The van der Waals surface area contributed by atoms with Crippen molar-refractivity contribution in [3.8, 4) is 44.8 Å². The van der Waals surface area contributed by atoms with Crippen LogP contribution >= 0.6 is 0 Å². The van der Waals surface area contributed by atoms with Gasteiger partial charge in [-0.3, -0.25) is 0 Å². The molecule has 0 fully saturated rings. The number of rotatable bonds is 5. The Morgan fingerprint density at radius 3 is 1.95 bits per heavy atom. The average Bonchev–Trinajstić information content (AvgIpc) is 3.58. The van der Waals surface area contributed by atoms with Crippen molar-refractivity contribution in [1.82, 2.24) is 9.97 Å². The van der Waals surface area contributed by atoms with Gasteiger partial charge in [-0.2, -0.15) is 0 Å². The maximum atomic E-state index is 9.45. The fourth-order valence-electron chi connectivity index (χ4n) is 6.56. The molecule has 56 heavy (non-hydrogen) atoms. The van der Waals surface area contributed by atoms with Gasteiger partial charge in [-0.25, -0.2) is 0 Å². The molecule has 1 radical (unpaired) electrons. The van der Waals surface area contributed by atoms with Crippen LogP contribution in [0.2, 0.25) is 0 Å². The van der Waals surface area contributed by atoms with E-state index in [0.29, 0.717) is 33.6 Å². The van der Waals surface area contributed by atoms with Crippen molar-refractivity contribution in [2.24, 2.45) is 10.8 Å². The smallest absolute Gasteiger partial charge is 0.0322 e. The van der Waals surface area contributed by atoms with Crippen LogP contribution in [0.25, 0.3) is 44.8 Å². The molecule has 0 amide bonds. The van der Waals surface area contributed by atoms with Crippen LogP contribution in [0.4, 0.5) is 0 Å². The molecule has 2 aliphatic carbocycles. The second kappa shape index (κ2) is 16.3. The van der Waals surface area contributed by atoms with Crippen molar-refractivity contribution in [2.75, 3.05) is 0 Å². The molecule has 2 nitrogen and oxygen atoms in total. The van der Waals surface area contributed by atoms with Crippen molar-refractivity contribution < 1.29 is 46.1 Å². The zero-order chi connectivity index (χ0) is 54.6. The normalized spacial score (nSPS) is 23.2. The van der Waals surface area contributed by atoms with E-state index in [4.69, 9.17) is 15.1 Å².